The molecule has 1 amide bonds. The van der Waals surface area contributed by atoms with Crippen LogP contribution in [0.2, 0.25) is 0 Å². The second kappa shape index (κ2) is 10.7. The molecule has 1 saturated carbocycles. The third-order valence-corrected chi connectivity index (χ3v) is 4.87. The topological polar surface area (TPSA) is 81.7 Å². The minimum atomic E-state index is -0.541. The van der Waals surface area contributed by atoms with E-state index in [0.717, 1.165) is 19.3 Å². The van der Waals surface area contributed by atoms with Crippen molar-refractivity contribution in [3.8, 4) is 5.75 Å². The van der Waals surface area contributed by atoms with E-state index in [2.05, 4.69) is 12.2 Å². The van der Waals surface area contributed by atoms with Crippen molar-refractivity contribution < 1.29 is 23.9 Å². The maximum atomic E-state index is 12.1. The van der Waals surface area contributed by atoms with Crippen LogP contribution in [0.3, 0.4) is 0 Å². The highest BCUT2D eigenvalue weighted by molar-refractivity contribution is 5.97. The Labute approximate surface area is 160 Å². The van der Waals surface area contributed by atoms with E-state index in [1.165, 1.54) is 6.42 Å². The smallest absolute Gasteiger partial charge is 0.306 e. The first-order valence-electron chi connectivity index (χ1n) is 9.70. The zero-order chi connectivity index (χ0) is 19.6. The van der Waals surface area contributed by atoms with Crippen molar-refractivity contribution >= 4 is 17.7 Å². The monoisotopic (exact) mass is 375 g/mol. The van der Waals surface area contributed by atoms with Crippen LogP contribution in [-0.2, 0) is 14.3 Å². The molecular formula is C21H29NO5. The Balaban J connectivity index is 1.67. The van der Waals surface area contributed by atoms with Gasteiger partial charge in [0.15, 0.2) is 12.4 Å². The van der Waals surface area contributed by atoms with E-state index in [-0.39, 0.29) is 37.2 Å². The summed E-state index contributed by atoms with van der Waals surface area (Å²) in [7, 11) is 0. The van der Waals surface area contributed by atoms with Crippen LogP contribution >= 0.6 is 0 Å². The van der Waals surface area contributed by atoms with Crippen LogP contribution in [0.25, 0.3) is 0 Å². The van der Waals surface area contributed by atoms with Crippen LogP contribution in [0.1, 0.15) is 62.7 Å². The summed E-state index contributed by atoms with van der Waals surface area (Å²) in [5, 5.41) is 2.94. The molecule has 0 heterocycles. The highest BCUT2D eigenvalue weighted by Crippen LogP contribution is 2.23. The molecule has 6 heteroatoms. The largest absolute Gasteiger partial charge is 0.494 e. The number of ether oxygens (including phenoxy) is 2. The summed E-state index contributed by atoms with van der Waals surface area (Å²) >= 11 is 0. The van der Waals surface area contributed by atoms with E-state index in [9.17, 15) is 14.4 Å². The maximum absolute atomic E-state index is 12.1. The lowest BCUT2D eigenvalue weighted by Gasteiger charge is -2.29. The van der Waals surface area contributed by atoms with Gasteiger partial charge in [-0.15, -0.1) is 0 Å². The minimum absolute atomic E-state index is 0.0425. The number of amides is 1. The van der Waals surface area contributed by atoms with Gasteiger partial charge < -0.3 is 14.8 Å². The Kier molecular flexibility index (Phi) is 8.30. The summed E-state index contributed by atoms with van der Waals surface area (Å²) < 4.78 is 10.3. The van der Waals surface area contributed by atoms with E-state index >= 15 is 0 Å². The van der Waals surface area contributed by atoms with Crippen LogP contribution in [0.4, 0.5) is 0 Å². The number of ketones is 1. The molecule has 6 nitrogen and oxygen atoms in total. The van der Waals surface area contributed by atoms with Crippen LogP contribution in [-0.4, -0.2) is 36.9 Å². The molecule has 1 fully saturated rings. The Hall–Kier alpha value is -2.37. The number of nitrogens with one attached hydrogen (secondary N) is 1. The standard InChI is InChI=1S/C21H29NO5/c1-3-26-17-10-8-16(9-11-17)19(23)12-13-21(25)27-14-20(24)22-18-7-5-4-6-15(18)2/h8-11,15,18H,3-7,12-14H2,1-2H3,(H,22,24)/t15-,18-/m0/s1. The average molecular weight is 375 g/mol. The van der Waals surface area contributed by atoms with E-state index in [0.29, 0.717) is 23.8 Å². The molecule has 0 saturated heterocycles. The number of esters is 1. The number of benzene rings is 1. The number of Topliss-reactive ketones (excluding diaryl/α,β-unsaturated/α-hetero) is 1. The van der Waals surface area contributed by atoms with Gasteiger partial charge in [-0.3, -0.25) is 14.4 Å². The number of hydrogen-bond acceptors (Lipinski definition) is 5. The summed E-state index contributed by atoms with van der Waals surface area (Å²) in [5.74, 6) is 0.188. The summed E-state index contributed by atoms with van der Waals surface area (Å²) in [5.41, 5.74) is 0.523. The molecular weight excluding hydrogens is 346 g/mol. The first kappa shape index (κ1) is 20.9. The Morgan fingerprint density at radius 3 is 2.44 bits per heavy atom. The predicted molar refractivity (Wildman–Crippen MR) is 102 cm³/mol. The van der Waals surface area contributed by atoms with E-state index in [1.807, 2.05) is 6.92 Å². The van der Waals surface area contributed by atoms with Crippen LogP contribution in [0.15, 0.2) is 24.3 Å². The predicted octanol–water partition coefficient (Wildman–Crippen LogP) is 3.29. The van der Waals surface area contributed by atoms with Gasteiger partial charge in [0, 0.05) is 18.0 Å². The Morgan fingerprint density at radius 2 is 1.78 bits per heavy atom. The van der Waals surface area contributed by atoms with Gasteiger partial charge in [-0.1, -0.05) is 19.8 Å². The van der Waals surface area contributed by atoms with Gasteiger partial charge in [0.1, 0.15) is 5.75 Å². The first-order chi connectivity index (χ1) is 13.0. The number of carbonyl (C=O) groups is 3. The van der Waals surface area contributed by atoms with Crippen LogP contribution in [0.5, 0.6) is 5.75 Å². The molecule has 0 spiro atoms. The summed E-state index contributed by atoms with van der Waals surface area (Å²) in [6.45, 7) is 4.29. The van der Waals surface area contributed by atoms with E-state index in [1.54, 1.807) is 24.3 Å². The van der Waals surface area contributed by atoms with Gasteiger partial charge in [0.2, 0.25) is 0 Å². The highest BCUT2D eigenvalue weighted by Gasteiger charge is 2.23. The van der Waals surface area contributed by atoms with E-state index < -0.39 is 5.97 Å². The van der Waals surface area contributed by atoms with Crippen molar-refractivity contribution in [3.05, 3.63) is 29.8 Å². The zero-order valence-corrected chi connectivity index (χ0v) is 16.2. The lowest BCUT2D eigenvalue weighted by Crippen LogP contribution is -2.42. The normalized spacial score (nSPS) is 19.2. The second-order valence-electron chi connectivity index (χ2n) is 6.98. The third-order valence-electron chi connectivity index (χ3n) is 4.87. The molecule has 1 aromatic carbocycles. The molecule has 27 heavy (non-hydrogen) atoms. The lowest BCUT2D eigenvalue weighted by atomic mass is 9.86. The van der Waals surface area contributed by atoms with Gasteiger partial charge in [0.05, 0.1) is 13.0 Å². The lowest BCUT2D eigenvalue weighted by molar-refractivity contribution is -0.148. The molecule has 1 aromatic rings. The van der Waals surface area contributed by atoms with Crippen molar-refractivity contribution in [2.45, 2.75) is 58.4 Å². The summed E-state index contributed by atoms with van der Waals surface area (Å²) in [4.78, 5) is 35.9. The second-order valence-corrected chi connectivity index (χ2v) is 6.98. The van der Waals surface area contributed by atoms with Crippen molar-refractivity contribution in [2.75, 3.05) is 13.2 Å². The zero-order valence-electron chi connectivity index (χ0n) is 16.2. The molecule has 0 aromatic heterocycles. The first-order valence-corrected chi connectivity index (χ1v) is 9.70. The van der Waals surface area contributed by atoms with Gasteiger partial charge in [-0.05, 0) is 49.9 Å². The third kappa shape index (κ3) is 7.04. The fraction of sp³-hybridized carbons (Fsp3) is 0.571. The molecule has 2 atom stereocenters. The van der Waals surface area contributed by atoms with Gasteiger partial charge in [-0.2, -0.15) is 0 Å². The highest BCUT2D eigenvalue weighted by atomic mass is 16.5. The average Bonchev–Trinajstić information content (AvgIpc) is 2.67. The molecule has 0 bridgehead atoms. The summed E-state index contributed by atoms with van der Waals surface area (Å²) in [6.07, 6.45) is 4.40. The minimum Gasteiger partial charge on any atom is -0.494 e. The number of rotatable bonds is 9. The van der Waals surface area contributed by atoms with Gasteiger partial charge in [0.25, 0.3) is 5.91 Å². The molecule has 2 rings (SSSR count). The molecule has 1 aliphatic rings. The summed E-state index contributed by atoms with van der Waals surface area (Å²) in [6, 6.07) is 6.97. The molecule has 1 N–H and O–H groups in total. The van der Waals surface area contributed by atoms with Gasteiger partial charge >= 0.3 is 5.97 Å². The molecule has 0 unspecified atom stereocenters. The van der Waals surface area contributed by atoms with Crippen molar-refractivity contribution in [1.82, 2.24) is 5.32 Å². The molecule has 0 aliphatic heterocycles. The Morgan fingerprint density at radius 1 is 1.07 bits per heavy atom. The molecule has 1 aliphatic carbocycles. The molecule has 148 valence electrons. The van der Waals surface area contributed by atoms with Crippen LogP contribution in [0, 0.1) is 5.92 Å². The Bertz CT molecular complexity index is 640. The van der Waals surface area contributed by atoms with Crippen LogP contribution < -0.4 is 10.1 Å². The van der Waals surface area contributed by atoms with Gasteiger partial charge in [-0.25, -0.2) is 0 Å². The number of hydrogen-bond donors (Lipinski definition) is 1. The fourth-order valence-corrected chi connectivity index (χ4v) is 3.26. The van der Waals surface area contributed by atoms with E-state index in [4.69, 9.17) is 9.47 Å². The van der Waals surface area contributed by atoms with Crippen molar-refractivity contribution in [1.29, 1.82) is 0 Å². The quantitative estimate of drug-likeness (QED) is 0.529. The number of carbonyl (C=O) groups excluding carboxylic acids is 3. The SMILES string of the molecule is CCOc1ccc(C(=O)CCC(=O)OCC(=O)N[C@H]2CCCC[C@@H]2C)cc1. The van der Waals surface area contributed by atoms with Crippen molar-refractivity contribution in [2.24, 2.45) is 5.92 Å². The van der Waals surface area contributed by atoms with Crippen molar-refractivity contribution in [3.63, 3.8) is 0 Å². The molecule has 0 radical (unpaired) electrons. The maximum Gasteiger partial charge on any atom is 0.306 e. The fourth-order valence-electron chi connectivity index (χ4n) is 3.26.